The van der Waals surface area contributed by atoms with Gasteiger partial charge in [0.05, 0.1) is 5.02 Å². The van der Waals surface area contributed by atoms with Gasteiger partial charge in [-0.2, -0.15) is 0 Å². The number of phenols is 1. The van der Waals surface area contributed by atoms with Crippen LogP contribution < -0.4 is 5.32 Å². The van der Waals surface area contributed by atoms with E-state index < -0.39 is 6.09 Å². The highest BCUT2D eigenvalue weighted by atomic mass is 35.5. The Hall–Kier alpha value is -1.42. The van der Waals surface area contributed by atoms with E-state index in [1.165, 1.54) is 6.07 Å². The molecule has 0 unspecified atom stereocenters. The minimum atomic E-state index is -1.09. The molecule has 76 valence electrons. The first-order valence-corrected chi connectivity index (χ1v) is 4.33. The Balaban J connectivity index is 2.84. The summed E-state index contributed by atoms with van der Waals surface area (Å²) < 4.78 is 0. The van der Waals surface area contributed by atoms with Gasteiger partial charge in [0.1, 0.15) is 5.75 Å². The number of nitrogens with one attached hydrogen (secondary N) is 1. The van der Waals surface area contributed by atoms with Crippen molar-refractivity contribution in [2.24, 2.45) is 0 Å². The minimum Gasteiger partial charge on any atom is -0.506 e. The Morgan fingerprint density at radius 1 is 1.57 bits per heavy atom. The molecule has 0 heterocycles. The van der Waals surface area contributed by atoms with Crippen LogP contribution in [0, 0.1) is 6.92 Å². The first kappa shape index (κ1) is 10.7. The van der Waals surface area contributed by atoms with E-state index in [1.54, 1.807) is 13.0 Å². The number of rotatable bonds is 2. The zero-order chi connectivity index (χ0) is 10.7. The molecule has 14 heavy (non-hydrogen) atoms. The lowest BCUT2D eigenvalue weighted by Crippen LogP contribution is -2.19. The molecule has 1 amide bonds. The molecule has 5 heteroatoms. The third kappa shape index (κ3) is 2.53. The molecule has 0 aliphatic rings. The van der Waals surface area contributed by atoms with E-state index in [1.807, 2.05) is 0 Å². The van der Waals surface area contributed by atoms with Crippen molar-refractivity contribution in [1.29, 1.82) is 0 Å². The summed E-state index contributed by atoms with van der Waals surface area (Å²) in [6.07, 6.45) is -1.09. The van der Waals surface area contributed by atoms with E-state index >= 15 is 0 Å². The average Bonchev–Trinajstić information content (AvgIpc) is 2.10. The number of hydrogen-bond acceptors (Lipinski definition) is 2. The summed E-state index contributed by atoms with van der Waals surface area (Å²) in [5, 5.41) is 20.2. The van der Waals surface area contributed by atoms with E-state index in [-0.39, 0.29) is 17.3 Å². The van der Waals surface area contributed by atoms with E-state index in [4.69, 9.17) is 16.7 Å². The van der Waals surface area contributed by atoms with Crippen molar-refractivity contribution >= 4 is 17.7 Å². The van der Waals surface area contributed by atoms with Gasteiger partial charge < -0.3 is 15.5 Å². The quantitative estimate of drug-likeness (QED) is 0.708. The van der Waals surface area contributed by atoms with E-state index in [0.29, 0.717) is 11.1 Å². The predicted molar refractivity (Wildman–Crippen MR) is 52.7 cm³/mol. The van der Waals surface area contributed by atoms with Gasteiger partial charge in [-0.3, -0.25) is 0 Å². The van der Waals surface area contributed by atoms with Crippen LogP contribution in [0.2, 0.25) is 5.02 Å². The highest BCUT2D eigenvalue weighted by molar-refractivity contribution is 6.32. The van der Waals surface area contributed by atoms with Crippen molar-refractivity contribution in [3.8, 4) is 5.75 Å². The number of amides is 1. The molecular weight excluding hydrogens is 206 g/mol. The van der Waals surface area contributed by atoms with Gasteiger partial charge >= 0.3 is 6.09 Å². The van der Waals surface area contributed by atoms with E-state index in [0.717, 1.165) is 0 Å². The SMILES string of the molecule is Cc1cc(CNC(=O)O)cc(Cl)c1O. The van der Waals surface area contributed by atoms with Gasteiger partial charge in [-0.25, -0.2) is 4.79 Å². The van der Waals surface area contributed by atoms with E-state index in [9.17, 15) is 9.90 Å². The summed E-state index contributed by atoms with van der Waals surface area (Å²) >= 11 is 5.71. The van der Waals surface area contributed by atoms with Gasteiger partial charge in [-0.05, 0) is 24.1 Å². The first-order valence-electron chi connectivity index (χ1n) is 3.95. The monoisotopic (exact) mass is 215 g/mol. The van der Waals surface area contributed by atoms with Crippen LogP contribution in [0.5, 0.6) is 5.75 Å². The molecule has 0 atom stereocenters. The average molecular weight is 216 g/mol. The van der Waals surface area contributed by atoms with Crippen molar-refractivity contribution in [2.75, 3.05) is 0 Å². The summed E-state index contributed by atoms with van der Waals surface area (Å²) in [5.41, 5.74) is 1.34. The number of benzene rings is 1. The molecule has 0 fully saturated rings. The van der Waals surface area contributed by atoms with Gasteiger partial charge in [0.15, 0.2) is 0 Å². The zero-order valence-electron chi connectivity index (χ0n) is 7.54. The Morgan fingerprint density at radius 3 is 2.71 bits per heavy atom. The van der Waals surface area contributed by atoms with Gasteiger partial charge in [-0.1, -0.05) is 17.7 Å². The second kappa shape index (κ2) is 4.19. The number of carboxylic acid groups (broad SMARTS) is 1. The van der Waals surface area contributed by atoms with Crippen molar-refractivity contribution in [1.82, 2.24) is 5.32 Å². The summed E-state index contributed by atoms with van der Waals surface area (Å²) in [4.78, 5) is 10.2. The van der Waals surface area contributed by atoms with Gasteiger partial charge in [0.25, 0.3) is 0 Å². The molecule has 0 bridgehead atoms. The molecule has 1 rings (SSSR count). The molecule has 0 saturated heterocycles. The number of hydrogen-bond donors (Lipinski definition) is 3. The molecule has 0 spiro atoms. The Morgan fingerprint density at radius 2 is 2.21 bits per heavy atom. The summed E-state index contributed by atoms with van der Waals surface area (Å²) in [6, 6.07) is 3.21. The molecule has 4 nitrogen and oxygen atoms in total. The third-order valence-corrected chi connectivity index (χ3v) is 2.05. The topological polar surface area (TPSA) is 69.6 Å². The van der Waals surface area contributed by atoms with Crippen molar-refractivity contribution in [2.45, 2.75) is 13.5 Å². The maximum absolute atomic E-state index is 10.2. The molecule has 3 N–H and O–H groups in total. The zero-order valence-corrected chi connectivity index (χ0v) is 8.30. The van der Waals surface area contributed by atoms with Crippen LogP contribution >= 0.6 is 11.6 Å². The van der Waals surface area contributed by atoms with Crippen LogP contribution in [0.1, 0.15) is 11.1 Å². The largest absolute Gasteiger partial charge is 0.506 e. The lowest BCUT2D eigenvalue weighted by Gasteiger charge is -2.06. The highest BCUT2D eigenvalue weighted by Gasteiger charge is 2.05. The minimum absolute atomic E-state index is 0.0331. The van der Waals surface area contributed by atoms with E-state index in [2.05, 4.69) is 5.32 Å². The molecule has 0 radical (unpaired) electrons. The molecule has 0 aliphatic heterocycles. The molecular formula is C9H10ClNO3. The number of aryl methyl sites for hydroxylation is 1. The van der Waals surface area contributed by atoms with Gasteiger partial charge in [0.2, 0.25) is 0 Å². The normalized spacial score (nSPS) is 9.86. The lowest BCUT2D eigenvalue weighted by molar-refractivity contribution is 0.194. The maximum atomic E-state index is 10.2. The standard InChI is InChI=1S/C9H10ClNO3/c1-5-2-6(4-11-9(13)14)3-7(10)8(5)12/h2-3,11-12H,4H2,1H3,(H,13,14). The summed E-state index contributed by atoms with van der Waals surface area (Å²) in [6.45, 7) is 1.88. The fraction of sp³-hybridized carbons (Fsp3) is 0.222. The van der Waals surface area contributed by atoms with Crippen molar-refractivity contribution in [3.63, 3.8) is 0 Å². The van der Waals surface area contributed by atoms with Crippen LogP contribution in [-0.2, 0) is 6.54 Å². The van der Waals surface area contributed by atoms with Crippen LogP contribution in [-0.4, -0.2) is 16.3 Å². The van der Waals surface area contributed by atoms with Crippen LogP contribution in [0.15, 0.2) is 12.1 Å². The molecule has 1 aromatic carbocycles. The van der Waals surface area contributed by atoms with Crippen molar-refractivity contribution in [3.05, 3.63) is 28.3 Å². The van der Waals surface area contributed by atoms with Gasteiger partial charge in [-0.15, -0.1) is 0 Å². The predicted octanol–water partition coefficient (Wildman–Crippen LogP) is 2.12. The molecule has 0 aromatic heterocycles. The number of aromatic hydroxyl groups is 1. The van der Waals surface area contributed by atoms with Crippen LogP contribution in [0.25, 0.3) is 0 Å². The van der Waals surface area contributed by atoms with Crippen molar-refractivity contribution < 1.29 is 15.0 Å². The Kier molecular flexibility index (Phi) is 3.19. The van der Waals surface area contributed by atoms with Crippen LogP contribution in [0.3, 0.4) is 0 Å². The highest BCUT2D eigenvalue weighted by Crippen LogP contribution is 2.28. The molecule has 1 aromatic rings. The summed E-state index contributed by atoms with van der Waals surface area (Å²) in [5.74, 6) is 0.0331. The molecule has 0 aliphatic carbocycles. The smallest absolute Gasteiger partial charge is 0.404 e. The third-order valence-electron chi connectivity index (χ3n) is 1.76. The second-order valence-electron chi connectivity index (χ2n) is 2.90. The lowest BCUT2D eigenvalue weighted by atomic mass is 10.1. The number of carbonyl (C=O) groups is 1. The Labute approximate surface area is 86.1 Å². The Bertz CT molecular complexity index is 342. The summed E-state index contributed by atoms with van der Waals surface area (Å²) in [7, 11) is 0. The fourth-order valence-electron chi connectivity index (χ4n) is 1.09. The fourth-order valence-corrected chi connectivity index (χ4v) is 1.38. The molecule has 0 saturated carbocycles. The van der Waals surface area contributed by atoms with Crippen LogP contribution in [0.4, 0.5) is 4.79 Å². The van der Waals surface area contributed by atoms with Gasteiger partial charge in [0, 0.05) is 6.54 Å². The number of halogens is 1. The maximum Gasteiger partial charge on any atom is 0.404 e. The first-order chi connectivity index (χ1) is 6.50. The second-order valence-corrected chi connectivity index (χ2v) is 3.31. The number of phenolic OH excluding ortho intramolecular Hbond substituents is 1.